The molecule has 0 aliphatic heterocycles. The summed E-state index contributed by atoms with van der Waals surface area (Å²) in [5.74, 6) is 5.40. The van der Waals surface area contributed by atoms with Gasteiger partial charge >= 0.3 is 0 Å². The number of thioether (sulfide) groups is 1. The number of rotatable bonds is 8. The fourth-order valence-corrected chi connectivity index (χ4v) is 2.75. The minimum Gasteiger partial charge on any atom is -0.489 e. The minimum absolute atomic E-state index is 0.142. The Morgan fingerprint density at radius 1 is 1.29 bits per heavy atom. The van der Waals surface area contributed by atoms with Crippen molar-refractivity contribution < 1.29 is 19.2 Å². The van der Waals surface area contributed by atoms with E-state index in [9.17, 15) is 9.59 Å². The molecule has 3 N–H and O–H groups in total. The van der Waals surface area contributed by atoms with Crippen LogP contribution in [0.2, 0.25) is 5.02 Å². The number of carbonyl (C=O) groups is 2. The summed E-state index contributed by atoms with van der Waals surface area (Å²) in [6.07, 6.45) is 1.88. The summed E-state index contributed by atoms with van der Waals surface area (Å²) >= 11 is 7.83. The molecule has 0 saturated carbocycles. The lowest BCUT2D eigenvalue weighted by Gasteiger charge is -2.15. The number of allylic oxidation sites excluding steroid dienone is 2. The molecule has 0 aliphatic carbocycles. The van der Waals surface area contributed by atoms with Gasteiger partial charge in [-0.25, -0.2) is 0 Å². The van der Waals surface area contributed by atoms with Crippen LogP contribution < -0.4 is 16.0 Å². The third-order valence-corrected chi connectivity index (χ3v) is 4.43. The van der Waals surface area contributed by atoms with Crippen molar-refractivity contribution in [3.8, 4) is 5.75 Å². The third kappa shape index (κ3) is 5.15. The van der Waals surface area contributed by atoms with E-state index < -0.39 is 0 Å². The Hall–Kier alpha value is -1.70. The van der Waals surface area contributed by atoms with E-state index in [-0.39, 0.29) is 23.3 Å². The van der Waals surface area contributed by atoms with Crippen LogP contribution in [0.25, 0.3) is 0 Å². The molecule has 0 heterocycles. The summed E-state index contributed by atoms with van der Waals surface area (Å²) in [5, 5.41) is 2.85. The monoisotopic (exact) mass is 372 g/mol. The Labute approximate surface area is 150 Å². The SMILES string of the molecule is CSc1ccc(C(=O)/C(C)=C(\C)ON)c(Cl)c1OCCNC(C)=O. The van der Waals surface area contributed by atoms with E-state index in [1.165, 1.54) is 18.7 Å². The average molecular weight is 373 g/mol. The molecule has 1 rings (SSSR count). The summed E-state index contributed by atoms with van der Waals surface area (Å²) < 4.78 is 5.67. The van der Waals surface area contributed by atoms with E-state index in [1.54, 1.807) is 26.0 Å². The van der Waals surface area contributed by atoms with E-state index in [1.807, 2.05) is 6.26 Å². The first-order valence-electron chi connectivity index (χ1n) is 7.16. The van der Waals surface area contributed by atoms with Gasteiger partial charge in [0.15, 0.2) is 11.5 Å². The molecule has 1 aromatic rings. The molecular weight excluding hydrogens is 352 g/mol. The molecule has 0 aromatic heterocycles. The number of nitrogens with two attached hydrogens (primary N) is 1. The quantitative estimate of drug-likeness (QED) is 0.182. The number of ketones is 1. The molecule has 132 valence electrons. The lowest BCUT2D eigenvalue weighted by atomic mass is 10.0. The van der Waals surface area contributed by atoms with Crippen LogP contribution in [0.3, 0.4) is 0 Å². The van der Waals surface area contributed by atoms with E-state index in [2.05, 4.69) is 10.2 Å². The lowest BCUT2D eigenvalue weighted by molar-refractivity contribution is -0.119. The molecule has 1 aromatic carbocycles. The number of hydrogen-bond acceptors (Lipinski definition) is 6. The van der Waals surface area contributed by atoms with Crippen LogP contribution in [-0.2, 0) is 9.63 Å². The molecule has 0 radical (unpaired) electrons. The first-order valence-corrected chi connectivity index (χ1v) is 8.76. The molecule has 24 heavy (non-hydrogen) atoms. The van der Waals surface area contributed by atoms with E-state index in [0.717, 1.165) is 4.90 Å². The molecule has 0 fully saturated rings. The largest absolute Gasteiger partial charge is 0.489 e. The van der Waals surface area contributed by atoms with Crippen molar-refractivity contribution in [2.75, 3.05) is 19.4 Å². The summed E-state index contributed by atoms with van der Waals surface area (Å²) in [6, 6.07) is 3.41. The first-order chi connectivity index (χ1) is 11.3. The van der Waals surface area contributed by atoms with E-state index in [4.69, 9.17) is 22.2 Å². The van der Waals surface area contributed by atoms with Crippen molar-refractivity contribution in [2.45, 2.75) is 25.7 Å². The lowest BCUT2D eigenvalue weighted by Crippen LogP contribution is -2.25. The number of nitrogens with one attached hydrogen (secondary N) is 1. The molecule has 1 amide bonds. The van der Waals surface area contributed by atoms with Gasteiger partial charge in [0.1, 0.15) is 12.4 Å². The maximum absolute atomic E-state index is 12.5. The molecule has 0 unspecified atom stereocenters. The van der Waals surface area contributed by atoms with Gasteiger partial charge in [0, 0.05) is 18.1 Å². The number of hydrogen-bond donors (Lipinski definition) is 2. The molecule has 0 atom stereocenters. The highest BCUT2D eigenvalue weighted by molar-refractivity contribution is 7.98. The molecule has 6 nitrogen and oxygen atoms in total. The van der Waals surface area contributed by atoms with Gasteiger partial charge in [-0.2, -0.15) is 5.90 Å². The molecule has 0 aliphatic rings. The summed E-state index contributed by atoms with van der Waals surface area (Å²) in [4.78, 5) is 28.8. The van der Waals surface area contributed by atoms with Crippen molar-refractivity contribution in [3.63, 3.8) is 0 Å². The van der Waals surface area contributed by atoms with Crippen LogP contribution in [0.1, 0.15) is 31.1 Å². The van der Waals surface area contributed by atoms with Crippen LogP contribution in [0.15, 0.2) is 28.4 Å². The van der Waals surface area contributed by atoms with Crippen LogP contribution in [0.4, 0.5) is 0 Å². The fourth-order valence-electron chi connectivity index (χ4n) is 1.84. The van der Waals surface area contributed by atoms with Crippen molar-refractivity contribution in [1.29, 1.82) is 0 Å². The van der Waals surface area contributed by atoms with Gasteiger partial charge in [-0.05, 0) is 32.2 Å². The van der Waals surface area contributed by atoms with Crippen molar-refractivity contribution in [3.05, 3.63) is 34.1 Å². The second kappa shape index (κ2) is 9.56. The van der Waals surface area contributed by atoms with Gasteiger partial charge in [-0.3, -0.25) is 9.59 Å². The van der Waals surface area contributed by atoms with Gasteiger partial charge in [0.2, 0.25) is 5.91 Å². The standard InChI is InChI=1S/C16H21ClN2O4S/c1-9(10(2)23-18)15(21)12-5-6-13(24-4)16(14(12)17)22-8-7-19-11(3)20/h5-6H,7-8,18H2,1-4H3,(H,19,20)/b10-9+. The molecule has 0 bridgehead atoms. The Bertz CT molecular complexity index is 662. The van der Waals surface area contributed by atoms with Gasteiger partial charge in [-0.15, -0.1) is 11.8 Å². The predicted molar refractivity (Wildman–Crippen MR) is 95.4 cm³/mol. The van der Waals surface area contributed by atoms with Crippen molar-refractivity contribution in [2.24, 2.45) is 5.90 Å². The Kier molecular flexibility index (Phi) is 8.10. The first kappa shape index (κ1) is 20.3. The number of benzene rings is 1. The van der Waals surface area contributed by atoms with E-state index >= 15 is 0 Å². The highest BCUT2D eigenvalue weighted by atomic mass is 35.5. The fraction of sp³-hybridized carbons (Fsp3) is 0.375. The maximum Gasteiger partial charge on any atom is 0.216 e. The maximum atomic E-state index is 12.5. The van der Waals surface area contributed by atoms with Crippen LogP contribution in [0.5, 0.6) is 5.75 Å². The highest BCUT2D eigenvalue weighted by Gasteiger charge is 2.20. The van der Waals surface area contributed by atoms with Gasteiger partial charge in [-0.1, -0.05) is 11.6 Å². The molecular formula is C16H21ClN2O4S. The van der Waals surface area contributed by atoms with E-state index in [0.29, 0.717) is 29.2 Å². The molecule has 0 saturated heterocycles. The normalized spacial score (nSPS) is 11.6. The summed E-state index contributed by atoms with van der Waals surface area (Å²) in [5.41, 5.74) is 0.665. The van der Waals surface area contributed by atoms with Crippen LogP contribution >= 0.6 is 23.4 Å². The zero-order valence-corrected chi connectivity index (χ0v) is 15.6. The highest BCUT2D eigenvalue weighted by Crippen LogP contribution is 2.38. The average Bonchev–Trinajstić information content (AvgIpc) is 2.57. The summed E-state index contributed by atoms with van der Waals surface area (Å²) in [7, 11) is 0. The Morgan fingerprint density at radius 3 is 2.50 bits per heavy atom. The Morgan fingerprint density at radius 2 is 1.96 bits per heavy atom. The predicted octanol–water partition coefficient (Wildman–Crippen LogP) is 2.94. The topological polar surface area (TPSA) is 90.7 Å². The summed E-state index contributed by atoms with van der Waals surface area (Å²) in [6.45, 7) is 5.22. The second-order valence-electron chi connectivity index (χ2n) is 4.92. The van der Waals surface area contributed by atoms with Crippen molar-refractivity contribution in [1.82, 2.24) is 5.32 Å². The Balaban J connectivity index is 3.11. The molecule has 0 spiro atoms. The number of amides is 1. The zero-order chi connectivity index (χ0) is 18.3. The van der Waals surface area contributed by atoms with Gasteiger partial charge in [0.25, 0.3) is 0 Å². The number of halogens is 1. The van der Waals surface area contributed by atoms with Crippen LogP contribution in [-0.4, -0.2) is 31.1 Å². The third-order valence-electron chi connectivity index (χ3n) is 3.29. The minimum atomic E-state index is -0.290. The van der Waals surface area contributed by atoms with Gasteiger partial charge in [0.05, 0.1) is 16.5 Å². The second-order valence-corrected chi connectivity index (χ2v) is 6.14. The van der Waals surface area contributed by atoms with Gasteiger partial charge < -0.3 is 14.9 Å². The zero-order valence-electron chi connectivity index (χ0n) is 14.1. The number of ether oxygens (including phenoxy) is 1. The molecule has 8 heteroatoms. The van der Waals surface area contributed by atoms with Crippen molar-refractivity contribution >= 4 is 35.1 Å². The van der Waals surface area contributed by atoms with Crippen LogP contribution in [0, 0.1) is 0 Å². The number of Topliss-reactive ketones (excluding diaryl/α,β-unsaturated/α-hetero) is 1. The smallest absolute Gasteiger partial charge is 0.216 e. The number of carbonyl (C=O) groups excluding carboxylic acids is 2.